The van der Waals surface area contributed by atoms with Gasteiger partial charge in [-0.3, -0.25) is 0 Å². The lowest BCUT2D eigenvalue weighted by molar-refractivity contribution is 0.670. The molecule has 0 atom stereocenters. The molecule has 14 aromatic carbocycles. The highest BCUT2D eigenvalue weighted by atomic mass is 32.1. The first kappa shape index (κ1) is 48.7. The summed E-state index contributed by atoms with van der Waals surface area (Å²) in [6.07, 6.45) is 0. The van der Waals surface area contributed by atoms with Crippen LogP contribution in [-0.4, -0.2) is 0 Å². The number of rotatable bonds is 10. The van der Waals surface area contributed by atoms with E-state index in [-0.39, 0.29) is 0 Å². The second-order valence-corrected chi connectivity index (χ2v) is 22.9. The van der Waals surface area contributed by atoms with Crippen LogP contribution in [0.5, 0.6) is 0 Å². The standard InChI is InChI=1S/C80H50N2O2S/c1-5-23-51(24-6-1)57-31-15-17-41-70(57)81(72-43-21-39-65-63-37-19-35-59(76(63)83-78(65)72)53-27-9-3-10-28-53)55-45-47-67-69(49-55)61-33-13-14-34-62(61)75-68-48-46-56(50-74(68)85-80(67)75)82(71-42-18-16-32-58(71)52-25-7-2-8-26-52)73-44-22-40-66-64-38-20-36-60(77(64)84-79(66)73)54-29-11-4-12-30-54/h1-50H. The molecule has 0 amide bonds. The molecule has 0 unspecified atom stereocenters. The van der Waals surface area contributed by atoms with Crippen LogP contribution in [0.3, 0.4) is 0 Å². The summed E-state index contributed by atoms with van der Waals surface area (Å²) >= 11 is 1.87. The van der Waals surface area contributed by atoms with Gasteiger partial charge < -0.3 is 18.6 Å². The summed E-state index contributed by atoms with van der Waals surface area (Å²) in [6.45, 7) is 0. The Balaban J connectivity index is 0.881. The summed E-state index contributed by atoms with van der Waals surface area (Å²) in [5.74, 6) is 0. The quantitative estimate of drug-likeness (QED) is 0.128. The molecule has 0 radical (unpaired) electrons. The Hall–Kier alpha value is -11.0. The summed E-state index contributed by atoms with van der Waals surface area (Å²) in [5.41, 5.74) is 18.4. The minimum absolute atomic E-state index is 0.832. The monoisotopic (exact) mass is 1100 g/mol. The zero-order valence-electron chi connectivity index (χ0n) is 46.0. The Morgan fingerprint density at radius 3 is 1.11 bits per heavy atom. The van der Waals surface area contributed by atoms with Crippen LogP contribution < -0.4 is 9.80 Å². The number of furan rings is 2. The second kappa shape index (κ2) is 19.9. The summed E-state index contributed by atoms with van der Waals surface area (Å²) in [4.78, 5) is 4.83. The Morgan fingerprint density at radius 1 is 0.235 bits per heavy atom. The lowest BCUT2D eigenvalue weighted by atomic mass is 9.96. The van der Waals surface area contributed by atoms with Crippen LogP contribution in [0.15, 0.2) is 312 Å². The molecule has 17 aromatic rings. The molecule has 0 fully saturated rings. The van der Waals surface area contributed by atoms with Gasteiger partial charge in [-0.1, -0.05) is 255 Å². The van der Waals surface area contributed by atoms with Gasteiger partial charge in [-0.25, -0.2) is 0 Å². The van der Waals surface area contributed by atoms with E-state index in [1.165, 1.54) is 41.7 Å². The first-order valence-electron chi connectivity index (χ1n) is 28.9. The SMILES string of the molecule is c1ccc(-c2ccccc2N(c2ccc3c(c2)sc2c4ccc(N(c5ccccc5-c5ccccc5)c5cccc6c5oc5c(-c7ccccc7)cccc56)cc4c4ccccc4c32)c2cccc3c2oc2c(-c4ccccc4)cccc23)cc1. The van der Waals surface area contributed by atoms with E-state index in [0.29, 0.717) is 0 Å². The predicted molar refractivity (Wildman–Crippen MR) is 360 cm³/mol. The molecule has 4 nitrogen and oxygen atoms in total. The van der Waals surface area contributed by atoms with E-state index in [9.17, 15) is 0 Å². The highest BCUT2D eigenvalue weighted by molar-refractivity contribution is 7.27. The molecule has 0 aliphatic rings. The van der Waals surface area contributed by atoms with Gasteiger partial charge >= 0.3 is 0 Å². The molecular weight excluding hydrogens is 1050 g/mol. The molecule has 3 heterocycles. The minimum Gasteiger partial charge on any atom is -0.453 e. The molecule has 0 N–H and O–H groups in total. The fraction of sp³-hybridized carbons (Fsp3) is 0. The summed E-state index contributed by atoms with van der Waals surface area (Å²) in [6, 6.07) is 109. The van der Waals surface area contributed by atoms with Crippen molar-refractivity contribution in [2.75, 3.05) is 9.80 Å². The van der Waals surface area contributed by atoms with Crippen LogP contribution in [0.4, 0.5) is 34.1 Å². The van der Waals surface area contributed by atoms with E-state index >= 15 is 0 Å². The van der Waals surface area contributed by atoms with Gasteiger partial charge in [0.25, 0.3) is 0 Å². The largest absolute Gasteiger partial charge is 0.453 e. The minimum atomic E-state index is 0.832. The molecule has 0 spiro atoms. The zero-order valence-corrected chi connectivity index (χ0v) is 46.8. The molecule has 3 aromatic heterocycles. The second-order valence-electron chi connectivity index (χ2n) is 21.8. The number of fused-ring (bicyclic) bond motifs is 14. The third kappa shape index (κ3) is 7.89. The lowest BCUT2D eigenvalue weighted by Crippen LogP contribution is -2.11. The van der Waals surface area contributed by atoms with Gasteiger partial charge in [-0.05, 0) is 86.9 Å². The summed E-state index contributed by atoms with van der Waals surface area (Å²) < 4.78 is 16.8. The van der Waals surface area contributed by atoms with E-state index in [0.717, 1.165) is 123 Å². The van der Waals surface area contributed by atoms with Crippen molar-refractivity contribution in [3.8, 4) is 44.5 Å². The van der Waals surface area contributed by atoms with Gasteiger partial charge in [-0.15, -0.1) is 11.3 Å². The van der Waals surface area contributed by atoms with Crippen LogP contribution >= 0.6 is 11.3 Å². The normalized spacial score (nSPS) is 11.8. The van der Waals surface area contributed by atoms with Crippen molar-refractivity contribution in [2.45, 2.75) is 0 Å². The third-order valence-corrected chi connectivity index (χ3v) is 18.2. The Morgan fingerprint density at radius 2 is 0.600 bits per heavy atom. The predicted octanol–water partition coefficient (Wildman–Crippen LogP) is 23.8. The van der Waals surface area contributed by atoms with Crippen molar-refractivity contribution in [1.82, 2.24) is 0 Å². The number of hydrogen-bond donors (Lipinski definition) is 0. The average molecular weight is 1100 g/mol. The number of nitrogens with zero attached hydrogens (tertiary/aromatic N) is 2. The van der Waals surface area contributed by atoms with Crippen LogP contribution in [0.2, 0.25) is 0 Å². The molecule has 0 aliphatic carbocycles. The van der Waals surface area contributed by atoms with Crippen molar-refractivity contribution in [1.29, 1.82) is 0 Å². The molecule has 398 valence electrons. The molecule has 0 aliphatic heterocycles. The highest BCUT2D eigenvalue weighted by Crippen LogP contribution is 2.52. The fourth-order valence-corrected chi connectivity index (χ4v) is 14.5. The highest BCUT2D eigenvalue weighted by Gasteiger charge is 2.27. The molecular formula is C80H50N2O2S. The van der Waals surface area contributed by atoms with Gasteiger partial charge in [0, 0.05) is 80.7 Å². The topological polar surface area (TPSA) is 32.8 Å². The van der Waals surface area contributed by atoms with E-state index in [4.69, 9.17) is 8.83 Å². The van der Waals surface area contributed by atoms with Crippen LogP contribution in [0.25, 0.3) is 130 Å². The van der Waals surface area contributed by atoms with Crippen LogP contribution in [-0.2, 0) is 0 Å². The van der Waals surface area contributed by atoms with Crippen molar-refractivity contribution in [3.05, 3.63) is 303 Å². The number of anilines is 6. The number of para-hydroxylation sites is 6. The van der Waals surface area contributed by atoms with Gasteiger partial charge in [0.05, 0.1) is 22.7 Å². The van der Waals surface area contributed by atoms with Crippen molar-refractivity contribution in [3.63, 3.8) is 0 Å². The van der Waals surface area contributed by atoms with Gasteiger partial charge in [0.15, 0.2) is 11.2 Å². The number of thiophene rings is 1. The molecule has 0 saturated carbocycles. The third-order valence-electron chi connectivity index (χ3n) is 17.0. The first-order chi connectivity index (χ1) is 42.2. The van der Waals surface area contributed by atoms with Crippen LogP contribution in [0.1, 0.15) is 0 Å². The van der Waals surface area contributed by atoms with E-state index in [1.807, 2.05) is 11.3 Å². The Bertz CT molecular complexity index is 5430. The number of benzene rings is 14. The fourth-order valence-electron chi connectivity index (χ4n) is 13.2. The smallest absolute Gasteiger partial charge is 0.159 e. The molecule has 0 bridgehead atoms. The Labute approximate surface area is 494 Å². The maximum Gasteiger partial charge on any atom is 0.159 e. The van der Waals surface area contributed by atoms with E-state index in [2.05, 4.69) is 313 Å². The van der Waals surface area contributed by atoms with E-state index in [1.54, 1.807) is 0 Å². The van der Waals surface area contributed by atoms with Gasteiger partial charge in [0.1, 0.15) is 11.2 Å². The van der Waals surface area contributed by atoms with Crippen LogP contribution in [0, 0.1) is 0 Å². The van der Waals surface area contributed by atoms with Gasteiger partial charge in [-0.2, -0.15) is 0 Å². The first-order valence-corrected chi connectivity index (χ1v) is 29.7. The Kier molecular flexibility index (Phi) is 11.4. The van der Waals surface area contributed by atoms with Gasteiger partial charge in [0.2, 0.25) is 0 Å². The zero-order chi connectivity index (χ0) is 56.0. The molecule has 0 saturated heterocycles. The number of hydrogen-bond acceptors (Lipinski definition) is 5. The maximum absolute atomic E-state index is 7.21. The van der Waals surface area contributed by atoms with Crippen molar-refractivity contribution < 1.29 is 8.83 Å². The average Bonchev–Trinajstić information content (AvgIpc) is 2.29. The lowest BCUT2D eigenvalue weighted by Gasteiger charge is -2.28. The van der Waals surface area contributed by atoms with Crippen molar-refractivity contribution >= 4 is 131 Å². The summed E-state index contributed by atoms with van der Waals surface area (Å²) in [5, 5.41) is 11.6. The molecule has 17 rings (SSSR count). The van der Waals surface area contributed by atoms with E-state index < -0.39 is 0 Å². The van der Waals surface area contributed by atoms with Crippen molar-refractivity contribution in [2.24, 2.45) is 0 Å². The molecule has 5 heteroatoms. The maximum atomic E-state index is 7.21. The molecule has 85 heavy (non-hydrogen) atoms. The summed E-state index contributed by atoms with van der Waals surface area (Å²) in [7, 11) is 0.